The first-order valence-corrected chi connectivity index (χ1v) is 6.04. The monoisotopic (exact) mass is 249 g/mol. The Hall–Kier alpha value is -1.48. The Morgan fingerprint density at radius 2 is 1.94 bits per heavy atom. The molecule has 3 nitrogen and oxygen atoms in total. The summed E-state index contributed by atoms with van der Waals surface area (Å²) in [5, 5.41) is 0.485. The summed E-state index contributed by atoms with van der Waals surface area (Å²) in [6.07, 6.45) is 1.08. The lowest BCUT2D eigenvalue weighted by Gasteiger charge is -2.05. The van der Waals surface area contributed by atoms with E-state index in [1.54, 1.807) is 0 Å². The van der Waals surface area contributed by atoms with Crippen LogP contribution in [0.15, 0.2) is 24.3 Å². The fourth-order valence-electron chi connectivity index (χ4n) is 1.83. The van der Waals surface area contributed by atoms with Gasteiger partial charge in [0, 0.05) is 5.56 Å². The molecule has 1 aromatic heterocycles. The predicted octanol–water partition coefficient (Wildman–Crippen LogP) is 3.51. The molecule has 0 atom stereocenters. The minimum atomic E-state index is 0.344. The number of nitrogen functional groups attached to an aromatic ring is 1. The van der Waals surface area contributed by atoms with E-state index in [1.165, 1.54) is 5.56 Å². The summed E-state index contributed by atoms with van der Waals surface area (Å²) in [6, 6.07) is 8.27. The van der Waals surface area contributed by atoms with E-state index in [0.29, 0.717) is 22.7 Å². The minimum absolute atomic E-state index is 0.344. The zero-order chi connectivity index (χ0) is 12.4. The molecule has 0 saturated heterocycles. The number of halogens is 1. The zero-order valence-corrected chi connectivity index (χ0v) is 10.8. The first kappa shape index (κ1) is 12.0. The van der Waals surface area contributed by atoms with Crippen LogP contribution in [0.5, 0.6) is 0 Å². The average Bonchev–Trinajstić information content (AvgIpc) is 2.58. The topological polar surface area (TPSA) is 54.7 Å². The highest BCUT2D eigenvalue weighted by Gasteiger charge is 2.08. The molecule has 0 unspecified atom stereocenters. The third-order valence-corrected chi connectivity index (χ3v) is 2.82. The maximum atomic E-state index is 6.01. The van der Waals surface area contributed by atoms with Crippen molar-refractivity contribution in [2.75, 3.05) is 5.73 Å². The molecule has 0 aliphatic rings. The maximum absolute atomic E-state index is 6.01. The molecule has 3 N–H and O–H groups in total. The van der Waals surface area contributed by atoms with Crippen LogP contribution < -0.4 is 5.73 Å². The molecule has 2 aromatic rings. The van der Waals surface area contributed by atoms with Gasteiger partial charge in [-0.05, 0) is 17.9 Å². The molecule has 0 aliphatic heterocycles. The maximum Gasteiger partial charge on any atom is 0.199 e. The Labute approximate surface area is 106 Å². The molecule has 90 valence electrons. The molecule has 4 heteroatoms. The van der Waals surface area contributed by atoms with Crippen molar-refractivity contribution in [1.29, 1.82) is 0 Å². The summed E-state index contributed by atoms with van der Waals surface area (Å²) < 4.78 is 0. The smallest absolute Gasteiger partial charge is 0.199 e. The van der Waals surface area contributed by atoms with Crippen LogP contribution in [0.4, 0.5) is 5.95 Å². The molecule has 0 spiro atoms. The van der Waals surface area contributed by atoms with Crippen molar-refractivity contribution in [3.8, 4) is 11.3 Å². The van der Waals surface area contributed by atoms with Gasteiger partial charge in [0.25, 0.3) is 0 Å². The van der Waals surface area contributed by atoms with E-state index in [1.807, 2.05) is 12.1 Å². The lowest BCUT2D eigenvalue weighted by molar-refractivity contribution is 0.647. The number of aromatic amines is 1. The van der Waals surface area contributed by atoms with Gasteiger partial charge in [0.1, 0.15) is 10.8 Å². The summed E-state index contributed by atoms with van der Waals surface area (Å²) in [6.45, 7) is 4.42. The molecule has 1 aromatic carbocycles. The fraction of sp³-hybridized carbons (Fsp3) is 0.308. The van der Waals surface area contributed by atoms with Crippen molar-refractivity contribution in [1.82, 2.24) is 9.97 Å². The minimum Gasteiger partial charge on any atom is -0.369 e. The van der Waals surface area contributed by atoms with Crippen LogP contribution in [-0.2, 0) is 6.42 Å². The molecule has 0 bridgehead atoms. The van der Waals surface area contributed by atoms with Gasteiger partial charge >= 0.3 is 0 Å². The van der Waals surface area contributed by atoms with Crippen molar-refractivity contribution >= 4 is 17.5 Å². The van der Waals surface area contributed by atoms with Gasteiger partial charge in [0.15, 0.2) is 5.95 Å². The van der Waals surface area contributed by atoms with E-state index < -0.39 is 0 Å². The highest BCUT2D eigenvalue weighted by atomic mass is 35.5. The van der Waals surface area contributed by atoms with Gasteiger partial charge in [-0.25, -0.2) is 4.98 Å². The van der Waals surface area contributed by atoms with Crippen LogP contribution in [0.1, 0.15) is 19.4 Å². The predicted molar refractivity (Wildman–Crippen MR) is 72.0 cm³/mol. The average molecular weight is 250 g/mol. The molecule has 0 aliphatic carbocycles. The normalized spacial score (nSPS) is 11.1. The number of rotatable bonds is 3. The second-order valence-electron chi connectivity index (χ2n) is 4.58. The largest absolute Gasteiger partial charge is 0.369 e. The molecule has 17 heavy (non-hydrogen) atoms. The zero-order valence-electron chi connectivity index (χ0n) is 10.00. The summed E-state index contributed by atoms with van der Waals surface area (Å²) in [5.41, 5.74) is 8.57. The Kier molecular flexibility index (Phi) is 3.38. The number of aromatic nitrogens is 2. The third kappa shape index (κ3) is 2.80. The molecular formula is C13H16ClN3. The quantitative estimate of drug-likeness (QED) is 0.875. The number of anilines is 1. The van der Waals surface area contributed by atoms with E-state index in [2.05, 4.69) is 35.9 Å². The van der Waals surface area contributed by atoms with Gasteiger partial charge < -0.3 is 10.7 Å². The number of imidazole rings is 1. The van der Waals surface area contributed by atoms with Crippen molar-refractivity contribution in [2.45, 2.75) is 20.3 Å². The highest BCUT2D eigenvalue weighted by molar-refractivity contribution is 6.32. The van der Waals surface area contributed by atoms with Gasteiger partial charge in [-0.2, -0.15) is 0 Å². The van der Waals surface area contributed by atoms with E-state index in [-0.39, 0.29) is 0 Å². The van der Waals surface area contributed by atoms with E-state index >= 15 is 0 Å². The summed E-state index contributed by atoms with van der Waals surface area (Å²) in [4.78, 5) is 6.95. The first-order valence-electron chi connectivity index (χ1n) is 5.66. The van der Waals surface area contributed by atoms with Crippen LogP contribution >= 0.6 is 11.6 Å². The number of H-pyrrole nitrogens is 1. The van der Waals surface area contributed by atoms with Gasteiger partial charge in [0.2, 0.25) is 0 Å². The van der Waals surface area contributed by atoms with Gasteiger partial charge in [-0.1, -0.05) is 49.7 Å². The Morgan fingerprint density at radius 3 is 2.41 bits per heavy atom. The van der Waals surface area contributed by atoms with Crippen molar-refractivity contribution in [3.63, 3.8) is 0 Å². The molecule has 2 rings (SSSR count). The van der Waals surface area contributed by atoms with Crippen LogP contribution in [0.25, 0.3) is 11.3 Å². The summed E-state index contributed by atoms with van der Waals surface area (Å²) in [5.74, 6) is 1.00. The first-order chi connectivity index (χ1) is 8.06. The van der Waals surface area contributed by atoms with Crippen LogP contribution in [0.2, 0.25) is 5.15 Å². The van der Waals surface area contributed by atoms with E-state index in [9.17, 15) is 0 Å². The third-order valence-electron chi connectivity index (χ3n) is 2.55. The fourth-order valence-corrected chi connectivity index (χ4v) is 2.08. The number of nitrogens with zero attached hydrogens (tertiary/aromatic N) is 1. The van der Waals surface area contributed by atoms with Gasteiger partial charge in [-0.3, -0.25) is 0 Å². The molecule has 1 heterocycles. The summed E-state index contributed by atoms with van der Waals surface area (Å²) >= 11 is 6.01. The number of hydrogen-bond acceptors (Lipinski definition) is 2. The second kappa shape index (κ2) is 4.80. The number of nitrogens with one attached hydrogen (secondary N) is 1. The standard InChI is InChI=1S/C13H16ClN3/c1-8(2)7-9-3-5-10(6-4-9)11-12(14)17-13(15)16-11/h3-6,8H,7H2,1-2H3,(H3,15,16,17). The molecule has 0 amide bonds. The molecule has 0 radical (unpaired) electrons. The van der Waals surface area contributed by atoms with Crippen LogP contribution in [-0.4, -0.2) is 9.97 Å². The Balaban J connectivity index is 2.26. The molecule has 0 saturated carbocycles. The van der Waals surface area contributed by atoms with Crippen LogP contribution in [0.3, 0.4) is 0 Å². The van der Waals surface area contributed by atoms with Gasteiger partial charge in [-0.15, -0.1) is 0 Å². The lowest BCUT2D eigenvalue weighted by atomic mass is 10.0. The Bertz CT molecular complexity index is 500. The lowest BCUT2D eigenvalue weighted by Crippen LogP contribution is -1.93. The number of hydrogen-bond donors (Lipinski definition) is 2. The second-order valence-corrected chi connectivity index (χ2v) is 4.96. The molecule has 0 fully saturated rings. The number of nitrogens with two attached hydrogens (primary N) is 1. The van der Waals surface area contributed by atoms with E-state index in [0.717, 1.165) is 12.0 Å². The Morgan fingerprint density at radius 1 is 1.29 bits per heavy atom. The number of benzene rings is 1. The van der Waals surface area contributed by atoms with E-state index in [4.69, 9.17) is 17.3 Å². The van der Waals surface area contributed by atoms with Crippen molar-refractivity contribution in [3.05, 3.63) is 35.0 Å². The molecular weight excluding hydrogens is 234 g/mol. The SMILES string of the molecule is CC(C)Cc1ccc(-c2nc(N)[nH]c2Cl)cc1. The summed E-state index contributed by atoms with van der Waals surface area (Å²) in [7, 11) is 0. The van der Waals surface area contributed by atoms with Crippen LogP contribution in [0, 0.1) is 5.92 Å². The van der Waals surface area contributed by atoms with Crippen molar-refractivity contribution < 1.29 is 0 Å². The van der Waals surface area contributed by atoms with Gasteiger partial charge in [0.05, 0.1) is 0 Å². The van der Waals surface area contributed by atoms with Crippen molar-refractivity contribution in [2.24, 2.45) is 5.92 Å². The highest BCUT2D eigenvalue weighted by Crippen LogP contribution is 2.26.